The highest BCUT2D eigenvalue weighted by Gasteiger charge is 2.26. The molecule has 16 heavy (non-hydrogen) atoms. The number of thiophene rings is 1. The zero-order chi connectivity index (χ0) is 12.3. The van der Waals surface area contributed by atoms with Crippen molar-refractivity contribution >= 4 is 21.4 Å². The van der Waals surface area contributed by atoms with E-state index in [0.717, 1.165) is 6.42 Å². The molecule has 0 spiro atoms. The van der Waals surface area contributed by atoms with Crippen LogP contribution in [0, 0.1) is 6.92 Å². The average Bonchev–Trinajstić information content (AvgIpc) is 2.60. The molecule has 92 valence electrons. The normalized spacial score (nSPS) is 12.3. The van der Waals surface area contributed by atoms with Crippen molar-refractivity contribution in [1.29, 1.82) is 0 Å². The van der Waals surface area contributed by atoms with Gasteiger partial charge in [-0.15, -0.1) is 11.3 Å². The second-order valence-corrected chi connectivity index (χ2v) is 6.60. The monoisotopic (exact) mass is 263 g/mol. The fourth-order valence-electron chi connectivity index (χ4n) is 1.53. The molecule has 1 aromatic heterocycles. The molecule has 0 saturated carbocycles. The van der Waals surface area contributed by atoms with Crippen molar-refractivity contribution in [2.24, 2.45) is 0 Å². The van der Waals surface area contributed by atoms with E-state index in [9.17, 15) is 8.42 Å². The number of aryl methyl sites for hydroxylation is 1. The van der Waals surface area contributed by atoms with E-state index >= 15 is 0 Å². The summed E-state index contributed by atoms with van der Waals surface area (Å²) in [6.07, 6.45) is 0.771. The van der Waals surface area contributed by atoms with E-state index in [1.54, 1.807) is 19.4 Å². The molecule has 0 saturated heterocycles. The molecule has 1 rings (SSSR count). The van der Waals surface area contributed by atoms with Crippen molar-refractivity contribution in [3.05, 3.63) is 15.8 Å². The first-order valence-corrected chi connectivity index (χ1v) is 7.41. The quantitative estimate of drug-likeness (QED) is 0.877. The highest BCUT2D eigenvalue weighted by atomic mass is 32.2. The van der Waals surface area contributed by atoms with Crippen molar-refractivity contribution in [2.75, 3.05) is 13.6 Å². The van der Waals surface area contributed by atoms with Crippen LogP contribution < -0.4 is 0 Å². The first-order valence-electron chi connectivity index (χ1n) is 5.09. The highest BCUT2D eigenvalue weighted by Crippen LogP contribution is 2.28. The Morgan fingerprint density at radius 2 is 2.12 bits per heavy atom. The van der Waals surface area contributed by atoms with E-state index < -0.39 is 10.0 Å². The van der Waals surface area contributed by atoms with E-state index in [2.05, 4.69) is 0 Å². The smallest absolute Gasteiger partial charge is 0.244 e. The Bertz CT molecular complexity index is 451. The van der Waals surface area contributed by atoms with Gasteiger partial charge in [0, 0.05) is 13.6 Å². The summed E-state index contributed by atoms with van der Waals surface area (Å²) < 4.78 is 25.7. The maximum Gasteiger partial charge on any atom is 0.244 e. The number of aliphatic hydroxyl groups is 1. The Labute approximate surface area is 101 Å². The lowest BCUT2D eigenvalue weighted by atomic mass is 10.3. The standard InChI is InChI=1S/C10H17NO3S2/c1-4-5-11(3)16(13,14)10-8(2)7-15-9(10)6-12/h7,12H,4-6H2,1-3H3. The minimum absolute atomic E-state index is 0.229. The zero-order valence-electron chi connectivity index (χ0n) is 9.73. The predicted octanol–water partition coefficient (Wildman–Crippen LogP) is 1.58. The highest BCUT2D eigenvalue weighted by molar-refractivity contribution is 7.89. The molecule has 0 bridgehead atoms. The van der Waals surface area contributed by atoms with Crippen LogP contribution in [0.5, 0.6) is 0 Å². The zero-order valence-corrected chi connectivity index (χ0v) is 11.4. The van der Waals surface area contributed by atoms with Gasteiger partial charge in [0.15, 0.2) is 0 Å². The van der Waals surface area contributed by atoms with Gasteiger partial charge in [0.25, 0.3) is 0 Å². The van der Waals surface area contributed by atoms with Crippen molar-refractivity contribution in [1.82, 2.24) is 4.31 Å². The van der Waals surface area contributed by atoms with Crippen LogP contribution in [0.2, 0.25) is 0 Å². The van der Waals surface area contributed by atoms with Gasteiger partial charge in [-0.25, -0.2) is 12.7 Å². The van der Waals surface area contributed by atoms with E-state index in [1.807, 2.05) is 6.92 Å². The fourth-order valence-corrected chi connectivity index (χ4v) is 4.40. The van der Waals surface area contributed by atoms with Gasteiger partial charge >= 0.3 is 0 Å². The van der Waals surface area contributed by atoms with Gasteiger partial charge in [0.05, 0.1) is 11.5 Å². The summed E-state index contributed by atoms with van der Waals surface area (Å²) >= 11 is 1.28. The molecule has 0 aliphatic rings. The minimum atomic E-state index is -3.45. The van der Waals surface area contributed by atoms with Gasteiger partial charge in [0.1, 0.15) is 4.90 Å². The van der Waals surface area contributed by atoms with Gasteiger partial charge in [-0.1, -0.05) is 6.92 Å². The van der Waals surface area contributed by atoms with Crippen LogP contribution in [0.25, 0.3) is 0 Å². The fraction of sp³-hybridized carbons (Fsp3) is 0.600. The van der Waals surface area contributed by atoms with E-state index in [-0.39, 0.29) is 11.5 Å². The Kier molecular flexibility index (Phi) is 4.49. The first kappa shape index (κ1) is 13.6. The molecule has 0 atom stereocenters. The summed E-state index contributed by atoms with van der Waals surface area (Å²) in [6.45, 7) is 3.94. The Morgan fingerprint density at radius 3 is 2.62 bits per heavy atom. The molecule has 4 nitrogen and oxygen atoms in total. The first-order chi connectivity index (χ1) is 7.45. The van der Waals surface area contributed by atoms with Gasteiger partial charge in [-0.3, -0.25) is 0 Å². The Hall–Kier alpha value is -0.430. The maximum absolute atomic E-state index is 12.2. The third-order valence-corrected chi connectivity index (χ3v) is 5.65. The molecule has 0 fully saturated rings. The van der Waals surface area contributed by atoms with Crippen LogP contribution in [0.4, 0.5) is 0 Å². The maximum atomic E-state index is 12.2. The summed E-state index contributed by atoms with van der Waals surface area (Å²) in [4.78, 5) is 0.788. The van der Waals surface area contributed by atoms with Crippen LogP contribution in [0.1, 0.15) is 23.8 Å². The number of sulfonamides is 1. The van der Waals surface area contributed by atoms with Crippen molar-refractivity contribution in [2.45, 2.75) is 31.8 Å². The topological polar surface area (TPSA) is 57.6 Å². The lowest BCUT2D eigenvalue weighted by Gasteiger charge is -2.17. The molecule has 1 heterocycles. The molecule has 0 radical (unpaired) electrons. The van der Waals surface area contributed by atoms with Gasteiger partial charge < -0.3 is 5.11 Å². The molecule has 0 amide bonds. The van der Waals surface area contributed by atoms with Crippen LogP contribution in [0.3, 0.4) is 0 Å². The second kappa shape index (κ2) is 5.27. The van der Waals surface area contributed by atoms with Crippen molar-refractivity contribution in [3.8, 4) is 0 Å². The number of hydrogen-bond donors (Lipinski definition) is 1. The number of hydrogen-bond acceptors (Lipinski definition) is 4. The van der Waals surface area contributed by atoms with Gasteiger partial charge in [-0.05, 0) is 24.3 Å². The second-order valence-electron chi connectivity index (χ2n) is 3.66. The van der Waals surface area contributed by atoms with Crippen molar-refractivity contribution in [3.63, 3.8) is 0 Å². The summed E-state index contributed by atoms with van der Waals surface area (Å²) in [5.74, 6) is 0. The van der Waals surface area contributed by atoms with Gasteiger partial charge in [0.2, 0.25) is 10.0 Å². The largest absolute Gasteiger partial charge is 0.391 e. The molecule has 0 aliphatic carbocycles. The summed E-state index contributed by atoms with van der Waals surface area (Å²) in [5.41, 5.74) is 0.706. The summed E-state index contributed by atoms with van der Waals surface area (Å²) in [7, 11) is -1.88. The van der Waals surface area contributed by atoms with Crippen molar-refractivity contribution < 1.29 is 13.5 Å². The molecule has 0 unspecified atom stereocenters. The molecular formula is C10H17NO3S2. The van der Waals surface area contributed by atoms with Crippen LogP contribution in [-0.4, -0.2) is 31.4 Å². The van der Waals surface area contributed by atoms with Crippen LogP contribution >= 0.6 is 11.3 Å². The number of nitrogens with zero attached hydrogens (tertiary/aromatic N) is 1. The lowest BCUT2D eigenvalue weighted by molar-refractivity contribution is 0.282. The molecule has 1 aromatic rings. The van der Waals surface area contributed by atoms with E-state index in [4.69, 9.17) is 5.11 Å². The third-order valence-electron chi connectivity index (χ3n) is 2.34. The molecule has 0 aliphatic heterocycles. The number of aliphatic hydroxyl groups excluding tert-OH is 1. The van der Waals surface area contributed by atoms with Crippen LogP contribution in [0.15, 0.2) is 10.3 Å². The SMILES string of the molecule is CCCN(C)S(=O)(=O)c1c(C)csc1CO. The number of rotatable bonds is 5. The molecule has 0 aromatic carbocycles. The molecule has 1 N–H and O–H groups in total. The predicted molar refractivity (Wildman–Crippen MR) is 65.1 cm³/mol. The Balaban J connectivity index is 3.21. The van der Waals surface area contributed by atoms with Gasteiger partial charge in [-0.2, -0.15) is 0 Å². The molecule has 6 heteroatoms. The minimum Gasteiger partial charge on any atom is -0.391 e. The van der Waals surface area contributed by atoms with Crippen LogP contribution in [-0.2, 0) is 16.6 Å². The Morgan fingerprint density at radius 1 is 1.50 bits per heavy atom. The average molecular weight is 263 g/mol. The third kappa shape index (κ3) is 2.45. The summed E-state index contributed by atoms with van der Waals surface area (Å²) in [5, 5.41) is 10.9. The lowest BCUT2D eigenvalue weighted by Crippen LogP contribution is -2.28. The molecular weight excluding hydrogens is 246 g/mol. The summed E-state index contributed by atoms with van der Waals surface area (Å²) in [6, 6.07) is 0. The van der Waals surface area contributed by atoms with E-state index in [0.29, 0.717) is 17.0 Å². The van der Waals surface area contributed by atoms with E-state index in [1.165, 1.54) is 15.6 Å².